The highest BCUT2D eigenvalue weighted by Gasteiger charge is 2.48. The number of carbonyl (C=O) groups is 1. The van der Waals surface area contributed by atoms with Crippen LogP contribution in [0.25, 0.3) is 0 Å². The minimum atomic E-state index is 0.270. The molecule has 0 radical (unpaired) electrons. The van der Waals surface area contributed by atoms with E-state index in [0.29, 0.717) is 12.5 Å². The molecule has 0 spiro atoms. The van der Waals surface area contributed by atoms with E-state index in [1.165, 1.54) is 6.42 Å². The maximum atomic E-state index is 12.5. The van der Waals surface area contributed by atoms with Crippen molar-refractivity contribution in [2.45, 2.75) is 32.7 Å². The van der Waals surface area contributed by atoms with Gasteiger partial charge in [0.2, 0.25) is 5.91 Å². The molecule has 0 aliphatic heterocycles. The monoisotopic (exact) mass is 277 g/mol. The zero-order valence-corrected chi connectivity index (χ0v) is 12.1. The van der Waals surface area contributed by atoms with Crippen LogP contribution >= 0.6 is 11.6 Å². The van der Waals surface area contributed by atoms with Crippen LogP contribution in [-0.4, -0.2) is 17.4 Å². The molecule has 0 aromatic heterocycles. The van der Waals surface area contributed by atoms with Crippen LogP contribution in [0, 0.1) is 17.8 Å². The van der Waals surface area contributed by atoms with E-state index in [1.807, 2.05) is 36.1 Å². The van der Waals surface area contributed by atoms with Gasteiger partial charge in [0.05, 0.1) is 0 Å². The fourth-order valence-electron chi connectivity index (χ4n) is 3.35. The first-order valence-corrected chi connectivity index (χ1v) is 7.59. The Balaban J connectivity index is 1.67. The van der Waals surface area contributed by atoms with Crippen LogP contribution in [0.3, 0.4) is 0 Å². The van der Waals surface area contributed by atoms with Crippen LogP contribution in [0.2, 0.25) is 5.02 Å². The fraction of sp³-hybridized carbons (Fsp3) is 0.562. The summed E-state index contributed by atoms with van der Waals surface area (Å²) in [7, 11) is 0. The molecule has 2 atom stereocenters. The smallest absolute Gasteiger partial charge is 0.225 e. The molecule has 1 amide bonds. The van der Waals surface area contributed by atoms with Gasteiger partial charge in [-0.15, -0.1) is 0 Å². The molecular weight excluding hydrogens is 258 g/mol. The number of hydrogen-bond acceptors (Lipinski definition) is 1. The quantitative estimate of drug-likeness (QED) is 0.821. The van der Waals surface area contributed by atoms with Gasteiger partial charge in [-0.1, -0.05) is 29.8 Å². The Morgan fingerprint density at radius 3 is 2.58 bits per heavy atom. The van der Waals surface area contributed by atoms with Crippen molar-refractivity contribution in [3.05, 3.63) is 34.9 Å². The zero-order chi connectivity index (χ0) is 13.4. The molecule has 0 heterocycles. The lowest BCUT2D eigenvalue weighted by Gasteiger charge is -2.25. The third-order valence-electron chi connectivity index (χ3n) is 4.61. The fourth-order valence-corrected chi connectivity index (χ4v) is 3.55. The highest BCUT2D eigenvalue weighted by atomic mass is 35.5. The number of halogens is 1. The van der Waals surface area contributed by atoms with Crippen molar-refractivity contribution in [2.24, 2.45) is 17.8 Å². The summed E-state index contributed by atoms with van der Waals surface area (Å²) in [5.74, 6) is 2.31. The number of fused-ring (bicyclic) bond motifs is 1. The molecule has 3 heteroatoms. The van der Waals surface area contributed by atoms with E-state index in [1.54, 1.807) is 0 Å². The van der Waals surface area contributed by atoms with Crippen molar-refractivity contribution >= 4 is 17.5 Å². The van der Waals surface area contributed by atoms with Crippen molar-refractivity contribution in [1.29, 1.82) is 0 Å². The van der Waals surface area contributed by atoms with Crippen molar-refractivity contribution in [2.75, 3.05) is 6.54 Å². The largest absolute Gasteiger partial charge is 0.338 e. The Bertz CT molecular complexity index is 477. The molecule has 3 rings (SSSR count). The van der Waals surface area contributed by atoms with Crippen LogP contribution in [0.1, 0.15) is 31.7 Å². The van der Waals surface area contributed by atoms with Gasteiger partial charge in [0.1, 0.15) is 0 Å². The minimum absolute atomic E-state index is 0.270. The number of rotatable bonds is 4. The summed E-state index contributed by atoms with van der Waals surface area (Å²) in [6.07, 6.45) is 3.59. The van der Waals surface area contributed by atoms with Gasteiger partial charge in [-0.3, -0.25) is 4.79 Å². The maximum Gasteiger partial charge on any atom is 0.225 e. The summed E-state index contributed by atoms with van der Waals surface area (Å²) in [5, 5.41) is 0.753. The van der Waals surface area contributed by atoms with Crippen LogP contribution in [0.5, 0.6) is 0 Å². The molecule has 2 unspecified atom stereocenters. The van der Waals surface area contributed by atoms with Gasteiger partial charge in [0.15, 0.2) is 0 Å². The van der Waals surface area contributed by atoms with E-state index in [2.05, 4.69) is 0 Å². The highest BCUT2D eigenvalue weighted by molar-refractivity contribution is 6.31. The van der Waals surface area contributed by atoms with Gasteiger partial charge >= 0.3 is 0 Å². The minimum Gasteiger partial charge on any atom is -0.338 e. The van der Waals surface area contributed by atoms with Crippen molar-refractivity contribution in [3.63, 3.8) is 0 Å². The second-order valence-electron chi connectivity index (χ2n) is 5.87. The second kappa shape index (κ2) is 5.16. The average Bonchev–Trinajstić information content (AvgIpc) is 3.03. The predicted molar refractivity (Wildman–Crippen MR) is 76.9 cm³/mol. The van der Waals surface area contributed by atoms with Crippen LogP contribution in [0.15, 0.2) is 24.3 Å². The van der Waals surface area contributed by atoms with Gasteiger partial charge in [-0.25, -0.2) is 0 Å². The lowest BCUT2D eigenvalue weighted by Crippen LogP contribution is -2.35. The lowest BCUT2D eigenvalue weighted by molar-refractivity contribution is -0.136. The van der Waals surface area contributed by atoms with Crippen molar-refractivity contribution < 1.29 is 4.79 Å². The first-order valence-electron chi connectivity index (χ1n) is 7.21. The van der Waals surface area contributed by atoms with Gasteiger partial charge in [0.25, 0.3) is 0 Å². The molecule has 19 heavy (non-hydrogen) atoms. The van der Waals surface area contributed by atoms with Gasteiger partial charge < -0.3 is 4.90 Å². The van der Waals surface area contributed by atoms with E-state index >= 15 is 0 Å². The summed E-state index contributed by atoms with van der Waals surface area (Å²) in [4.78, 5) is 14.5. The maximum absolute atomic E-state index is 12.5. The Kier molecular flexibility index (Phi) is 3.53. The summed E-state index contributed by atoms with van der Waals surface area (Å²) in [6, 6.07) is 7.79. The van der Waals surface area contributed by atoms with E-state index in [-0.39, 0.29) is 5.92 Å². The number of amides is 1. The summed E-state index contributed by atoms with van der Waals surface area (Å²) in [5.41, 5.74) is 1.04. The molecule has 2 aliphatic carbocycles. The number of carbonyl (C=O) groups excluding carboxylic acids is 1. The first kappa shape index (κ1) is 13.0. The summed E-state index contributed by atoms with van der Waals surface area (Å²) < 4.78 is 0. The Labute approximate surface area is 119 Å². The first-order chi connectivity index (χ1) is 9.19. The Hall–Kier alpha value is -1.02. The standard InChI is InChI=1S/C16H20ClNO/c1-2-18(10-11-5-3-4-6-15(11)17)16(19)14-8-12-7-13(12)9-14/h3-6,12-14H,2,7-10H2,1H3. The normalized spacial score (nSPS) is 28.0. The molecule has 1 aromatic rings. The molecular formula is C16H20ClNO. The predicted octanol–water partition coefficient (Wildman–Crippen LogP) is 3.73. The molecule has 1 aromatic carbocycles. The summed E-state index contributed by atoms with van der Waals surface area (Å²) in [6.45, 7) is 3.45. The molecule has 2 aliphatic rings. The van der Waals surface area contributed by atoms with E-state index in [0.717, 1.165) is 41.8 Å². The highest BCUT2D eigenvalue weighted by Crippen LogP contribution is 2.54. The van der Waals surface area contributed by atoms with Crippen LogP contribution in [-0.2, 0) is 11.3 Å². The Morgan fingerprint density at radius 2 is 1.95 bits per heavy atom. The molecule has 2 saturated carbocycles. The zero-order valence-electron chi connectivity index (χ0n) is 11.3. The molecule has 0 N–H and O–H groups in total. The number of nitrogens with zero attached hydrogens (tertiary/aromatic N) is 1. The van der Waals surface area contributed by atoms with Crippen molar-refractivity contribution in [1.82, 2.24) is 4.90 Å². The molecule has 0 saturated heterocycles. The Morgan fingerprint density at radius 1 is 1.26 bits per heavy atom. The molecule has 2 nitrogen and oxygen atoms in total. The molecule has 102 valence electrons. The van der Waals surface area contributed by atoms with E-state index in [9.17, 15) is 4.79 Å². The summed E-state index contributed by atoms with van der Waals surface area (Å²) >= 11 is 6.18. The third kappa shape index (κ3) is 2.64. The number of benzene rings is 1. The average molecular weight is 278 g/mol. The van der Waals surface area contributed by atoms with E-state index in [4.69, 9.17) is 11.6 Å². The van der Waals surface area contributed by atoms with E-state index < -0.39 is 0 Å². The van der Waals surface area contributed by atoms with Gasteiger partial charge in [0, 0.05) is 24.0 Å². The third-order valence-corrected chi connectivity index (χ3v) is 4.97. The SMILES string of the molecule is CCN(Cc1ccccc1Cl)C(=O)C1CC2CC2C1. The van der Waals surface area contributed by atoms with Gasteiger partial charge in [-0.2, -0.15) is 0 Å². The van der Waals surface area contributed by atoms with Crippen LogP contribution < -0.4 is 0 Å². The van der Waals surface area contributed by atoms with Gasteiger partial charge in [-0.05, 0) is 49.7 Å². The second-order valence-corrected chi connectivity index (χ2v) is 6.28. The lowest BCUT2D eigenvalue weighted by atomic mass is 10.0. The topological polar surface area (TPSA) is 20.3 Å². The molecule has 0 bridgehead atoms. The van der Waals surface area contributed by atoms with Crippen LogP contribution in [0.4, 0.5) is 0 Å². The van der Waals surface area contributed by atoms with Crippen molar-refractivity contribution in [3.8, 4) is 0 Å². The number of hydrogen-bond donors (Lipinski definition) is 0. The molecule has 2 fully saturated rings.